The van der Waals surface area contributed by atoms with E-state index < -0.39 is 0 Å². The number of aliphatic hydroxyl groups is 1. The van der Waals surface area contributed by atoms with Crippen LogP contribution in [0, 0.1) is 0 Å². The average molecular weight is 229 g/mol. The van der Waals surface area contributed by atoms with Crippen molar-refractivity contribution in [3.8, 4) is 0 Å². The molecule has 0 bridgehead atoms. The Bertz CT molecular complexity index is 515. The fourth-order valence-electron chi connectivity index (χ4n) is 2.43. The van der Waals surface area contributed by atoms with Crippen LogP contribution in [-0.4, -0.2) is 16.9 Å². The quantitative estimate of drug-likeness (QED) is 0.836. The molecule has 88 valence electrons. The molecule has 3 heteroatoms. The summed E-state index contributed by atoms with van der Waals surface area (Å²) in [6.45, 7) is 1.51. The van der Waals surface area contributed by atoms with Gasteiger partial charge in [-0.25, -0.2) is 0 Å². The summed E-state index contributed by atoms with van der Waals surface area (Å²) >= 11 is 0. The Balaban J connectivity index is 2.06. The van der Waals surface area contributed by atoms with E-state index in [0.717, 1.165) is 24.0 Å². The van der Waals surface area contributed by atoms with Gasteiger partial charge in [-0.15, -0.1) is 0 Å². The summed E-state index contributed by atoms with van der Waals surface area (Å²) in [4.78, 5) is 11.7. The minimum atomic E-state index is -0.129. The van der Waals surface area contributed by atoms with Crippen molar-refractivity contribution in [2.45, 2.75) is 31.8 Å². The van der Waals surface area contributed by atoms with Gasteiger partial charge in [-0.2, -0.15) is 0 Å². The summed E-state index contributed by atoms with van der Waals surface area (Å²) in [5, 5.41) is 13.6. The van der Waals surface area contributed by atoms with Crippen LogP contribution in [0.5, 0.6) is 0 Å². The predicted molar refractivity (Wildman–Crippen MR) is 65.6 cm³/mol. The molecule has 1 atom stereocenters. The van der Waals surface area contributed by atoms with Crippen LogP contribution in [0.3, 0.4) is 0 Å². The van der Waals surface area contributed by atoms with Crippen LogP contribution in [0.25, 0.3) is 5.76 Å². The summed E-state index contributed by atoms with van der Waals surface area (Å²) in [5.74, 6) is 0.0862. The molecule has 1 aromatic rings. The van der Waals surface area contributed by atoms with Gasteiger partial charge in [0.15, 0.2) is 5.78 Å². The van der Waals surface area contributed by atoms with Gasteiger partial charge in [0.05, 0.1) is 11.6 Å². The first-order valence-electron chi connectivity index (χ1n) is 5.98. The topological polar surface area (TPSA) is 49.3 Å². The van der Waals surface area contributed by atoms with Crippen molar-refractivity contribution < 1.29 is 9.90 Å². The molecule has 0 radical (unpaired) electrons. The zero-order chi connectivity index (χ0) is 12.0. The molecule has 2 aliphatic carbocycles. The summed E-state index contributed by atoms with van der Waals surface area (Å²) < 4.78 is 0. The van der Waals surface area contributed by atoms with Crippen molar-refractivity contribution >= 4 is 11.5 Å². The number of fused-ring (bicyclic) bond motifs is 1. The van der Waals surface area contributed by atoms with Crippen molar-refractivity contribution in [3.05, 3.63) is 41.0 Å². The van der Waals surface area contributed by atoms with Gasteiger partial charge in [-0.05, 0) is 25.3 Å². The monoisotopic (exact) mass is 229 g/mol. The normalized spacial score (nSPS) is 22.8. The van der Waals surface area contributed by atoms with Crippen molar-refractivity contribution in [1.29, 1.82) is 0 Å². The Morgan fingerprint density at radius 2 is 2.06 bits per heavy atom. The molecule has 1 unspecified atom stereocenters. The summed E-state index contributed by atoms with van der Waals surface area (Å²) in [5.41, 5.74) is 2.32. The SMILES string of the molecule is CC(=O)C1=C(O)c2ccccc2C1NC1CC1. The third-order valence-corrected chi connectivity index (χ3v) is 3.43. The number of nitrogens with one attached hydrogen (secondary N) is 1. The molecule has 0 aliphatic heterocycles. The van der Waals surface area contributed by atoms with Crippen molar-refractivity contribution in [2.24, 2.45) is 0 Å². The van der Waals surface area contributed by atoms with Crippen LogP contribution in [0.4, 0.5) is 0 Å². The molecule has 1 aromatic carbocycles. The third-order valence-electron chi connectivity index (χ3n) is 3.43. The standard InChI is InChI=1S/C14H15NO2/c1-8(16)12-13(15-9-6-7-9)10-4-2-3-5-11(10)14(12)17/h2-5,9,13,15,17H,6-7H2,1H3. The molecule has 0 saturated heterocycles. The van der Waals surface area contributed by atoms with E-state index in [1.165, 1.54) is 6.92 Å². The van der Waals surface area contributed by atoms with E-state index in [9.17, 15) is 9.90 Å². The molecule has 0 amide bonds. The molecule has 2 N–H and O–H groups in total. The maximum absolute atomic E-state index is 11.7. The maximum atomic E-state index is 11.7. The van der Waals surface area contributed by atoms with Crippen molar-refractivity contribution in [3.63, 3.8) is 0 Å². The lowest BCUT2D eigenvalue weighted by atomic mass is 10.0. The Kier molecular flexibility index (Phi) is 2.30. The lowest BCUT2D eigenvalue weighted by molar-refractivity contribution is -0.113. The summed E-state index contributed by atoms with van der Waals surface area (Å²) in [7, 11) is 0. The Morgan fingerprint density at radius 1 is 1.35 bits per heavy atom. The third kappa shape index (κ3) is 1.67. The van der Waals surface area contributed by atoms with E-state index in [0.29, 0.717) is 11.6 Å². The van der Waals surface area contributed by atoms with Crippen LogP contribution in [0.2, 0.25) is 0 Å². The first-order valence-corrected chi connectivity index (χ1v) is 5.98. The lowest BCUT2D eigenvalue weighted by Crippen LogP contribution is -2.25. The number of hydrogen-bond donors (Lipinski definition) is 2. The second-order valence-corrected chi connectivity index (χ2v) is 4.78. The number of Topliss-reactive ketones (excluding diaryl/α,β-unsaturated/α-hetero) is 1. The Hall–Kier alpha value is -1.61. The molecule has 2 aliphatic rings. The maximum Gasteiger partial charge on any atom is 0.161 e. The molecule has 1 fully saturated rings. The van der Waals surface area contributed by atoms with Crippen LogP contribution in [-0.2, 0) is 4.79 Å². The van der Waals surface area contributed by atoms with Gasteiger partial charge in [-0.3, -0.25) is 4.79 Å². The number of rotatable bonds is 3. The summed E-state index contributed by atoms with van der Waals surface area (Å²) in [6.07, 6.45) is 2.31. The second-order valence-electron chi connectivity index (χ2n) is 4.78. The molecule has 3 nitrogen and oxygen atoms in total. The first kappa shape index (κ1) is 10.5. The Labute approximate surface area is 100 Å². The minimum absolute atomic E-state index is 0.0585. The second kappa shape index (κ2) is 3.70. The van der Waals surface area contributed by atoms with Gasteiger partial charge >= 0.3 is 0 Å². The highest BCUT2D eigenvalue weighted by Crippen LogP contribution is 2.41. The molecule has 17 heavy (non-hydrogen) atoms. The van der Waals surface area contributed by atoms with Gasteiger partial charge in [0, 0.05) is 11.6 Å². The van der Waals surface area contributed by atoms with Crippen LogP contribution in [0.15, 0.2) is 29.8 Å². The lowest BCUT2D eigenvalue weighted by Gasteiger charge is -2.16. The average Bonchev–Trinajstić information content (AvgIpc) is 3.06. The zero-order valence-electron chi connectivity index (χ0n) is 9.73. The molecule has 1 saturated carbocycles. The fraction of sp³-hybridized carbons (Fsp3) is 0.357. The number of ketones is 1. The number of hydrogen-bond acceptors (Lipinski definition) is 3. The largest absolute Gasteiger partial charge is 0.507 e. The van der Waals surface area contributed by atoms with E-state index in [4.69, 9.17) is 0 Å². The van der Waals surface area contributed by atoms with E-state index in [1.54, 1.807) is 0 Å². The van der Waals surface area contributed by atoms with Gasteiger partial charge in [-0.1, -0.05) is 24.3 Å². The molecular weight excluding hydrogens is 214 g/mol. The number of benzene rings is 1. The molecule has 0 aromatic heterocycles. The predicted octanol–water partition coefficient (Wildman–Crippen LogP) is 2.35. The number of carbonyl (C=O) groups excluding carboxylic acids is 1. The smallest absolute Gasteiger partial charge is 0.161 e. The summed E-state index contributed by atoms with van der Waals surface area (Å²) in [6, 6.07) is 8.02. The van der Waals surface area contributed by atoms with Gasteiger partial charge < -0.3 is 10.4 Å². The van der Waals surface area contributed by atoms with Crippen LogP contribution >= 0.6 is 0 Å². The Morgan fingerprint density at radius 3 is 2.71 bits per heavy atom. The van der Waals surface area contributed by atoms with E-state index in [1.807, 2.05) is 24.3 Å². The highest BCUT2D eigenvalue weighted by molar-refractivity contribution is 6.03. The van der Waals surface area contributed by atoms with Gasteiger partial charge in [0.2, 0.25) is 0 Å². The van der Waals surface area contributed by atoms with E-state index >= 15 is 0 Å². The van der Waals surface area contributed by atoms with E-state index in [2.05, 4.69) is 5.32 Å². The minimum Gasteiger partial charge on any atom is -0.507 e. The number of aliphatic hydroxyl groups excluding tert-OH is 1. The number of carbonyl (C=O) groups is 1. The van der Waals surface area contributed by atoms with E-state index in [-0.39, 0.29) is 17.6 Å². The van der Waals surface area contributed by atoms with Gasteiger partial charge in [0.1, 0.15) is 5.76 Å². The first-order chi connectivity index (χ1) is 8.18. The molecule has 3 rings (SSSR count). The van der Waals surface area contributed by atoms with Gasteiger partial charge in [0.25, 0.3) is 0 Å². The highest BCUT2D eigenvalue weighted by atomic mass is 16.3. The molecular formula is C14H15NO2. The van der Waals surface area contributed by atoms with Crippen LogP contribution < -0.4 is 5.32 Å². The molecule has 0 spiro atoms. The zero-order valence-corrected chi connectivity index (χ0v) is 9.73. The van der Waals surface area contributed by atoms with Crippen molar-refractivity contribution in [2.75, 3.05) is 0 Å². The van der Waals surface area contributed by atoms with Crippen LogP contribution in [0.1, 0.15) is 36.9 Å². The fourth-order valence-corrected chi connectivity index (χ4v) is 2.43. The molecule has 0 heterocycles. The van der Waals surface area contributed by atoms with Crippen molar-refractivity contribution in [1.82, 2.24) is 5.32 Å². The highest BCUT2D eigenvalue weighted by Gasteiger charge is 2.36.